The smallest absolute Gasteiger partial charge is 0.167 e. The first-order chi connectivity index (χ1) is 10.4. The maximum Gasteiger partial charge on any atom is 0.167 e. The van der Waals surface area contributed by atoms with Crippen molar-refractivity contribution in [1.29, 1.82) is 0 Å². The minimum absolute atomic E-state index is 0.307. The predicted molar refractivity (Wildman–Crippen MR) is 80.6 cm³/mol. The Bertz CT molecular complexity index is 734. The molecule has 1 atom stereocenters. The van der Waals surface area contributed by atoms with Gasteiger partial charge in [0.1, 0.15) is 5.69 Å². The molecule has 2 heterocycles. The fourth-order valence-electron chi connectivity index (χ4n) is 2.77. The first-order valence-corrected chi connectivity index (χ1v) is 7.39. The summed E-state index contributed by atoms with van der Waals surface area (Å²) in [5, 5.41) is 8.87. The molecule has 0 spiro atoms. The Morgan fingerprint density at radius 3 is 2.81 bits per heavy atom. The number of benzene rings is 1. The van der Waals surface area contributed by atoms with E-state index in [-0.39, 0.29) is 0 Å². The van der Waals surface area contributed by atoms with E-state index in [4.69, 9.17) is 4.52 Å². The fourth-order valence-corrected chi connectivity index (χ4v) is 2.77. The standard InChI is InChI=1S/C17H17N3O/c1-2-7-16-13(5-1)15(20-21-16)11-19-17(12-8-9-12)14-6-3-4-10-18-14/h1-7,10,12,17,19H,8-9,11H2. The SMILES string of the molecule is c1ccc(C(NCc2noc3ccccc23)C2CC2)nc1. The lowest BCUT2D eigenvalue weighted by atomic mass is 10.1. The second-order valence-electron chi connectivity index (χ2n) is 5.58. The molecule has 3 aromatic rings. The summed E-state index contributed by atoms with van der Waals surface area (Å²) in [4.78, 5) is 4.50. The lowest BCUT2D eigenvalue weighted by Gasteiger charge is -2.16. The number of rotatable bonds is 5. The number of hydrogen-bond donors (Lipinski definition) is 1. The summed E-state index contributed by atoms with van der Waals surface area (Å²) in [5.74, 6) is 0.693. The van der Waals surface area contributed by atoms with Crippen LogP contribution in [0.1, 0.15) is 30.3 Å². The summed E-state index contributed by atoms with van der Waals surface area (Å²) in [6.07, 6.45) is 4.40. The molecule has 2 aromatic heterocycles. The number of pyridine rings is 1. The summed E-state index contributed by atoms with van der Waals surface area (Å²) >= 11 is 0. The molecule has 21 heavy (non-hydrogen) atoms. The third-order valence-corrected chi connectivity index (χ3v) is 4.04. The number of hydrogen-bond acceptors (Lipinski definition) is 4. The highest BCUT2D eigenvalue weighted by molar-refractivity contribution is 5.79. The van der Waals surface area contributed by atoms with Gasteiger partial charge in [0.15, 0.2) is 5.58 Å². The number of fused-ring (bicyclic) bond motifs is 1. The second kappa shape index (κ2) is 5.30. The number of nitrogens with one attached hydrogen (secondary N) is 1. The van der Waals surface area contributed by atoms with E-state index in [1.807, 2.05) is 36.5 Å². The van der Waals surface area contributed by atoms with Crippen LogP contribution in [0.5, 0.6) is 0 Å². The number of para-hydroxylation sites is 1. The maximum absolute atomic E-state index is 5.36. The highest BCUT2D eigenvalue weighted by Gasteiger charge is 2.32. The molecule has 4 nitrogen and oxygen atoms in total. The molecule has 1 aromatic carbocycles. The summed E-state index contributed by atoms with van der Waals surface area (Å²) in [6, 6.07) is 14.4. The third kappa shape index (κ3) is 2.54. The van der Waals surface area contributed by atoms with Crippen molar-refractivity contribution in [3.05, 3.63) is 60.0 Å². The average molecular weight is 279 g/mol. The maximum atomic E-state index is 5.36. The van der Waals surface area contributed by atoms with E-state index >= 15 is 0 Å². The van der Waals surface area contributed by atoms with Crippen molar-refractivity contribution < 1.29 is 4.52 Å². The van der Waals surface area contributed by atoms with Crippen LogP contribution in [0.15, 0.2) is 53.2 Å². The van der Waals surface area contributed by atoms with Crippen LogP contribution in [0.2, 0.25) is 0 Å². The van der Waals surface area contributed by atoms with Crippen LogP contribution in [0, 0.1) is 5.92 Å². The van der Waals surface area contributed by atoms with Crippen molar-refractivity contribution in [3.63, 3.8) is 0 Å². The van der Waals surface area contributed by atoms with Crippen molar-refractivity contribution in [2.24, 2.45) is 5.92 Å². The summed E-state index contributed by atoms with van der Waals surface area (Å²) in [6.45, 7) is 0.703. The number of nitrogens with zero attached hydrogens (tertiary/aromatic N) is 2. The Hall–Kier alpha value is -2.20. The first kappa shape index (κ1) is 12.5. The molecule has 1 unspecified atom stereocenters. The van der Waals surface area contributed by atoms with Gasteiger partial charge in [0, 0.05) is 18.1 Å². The van der Waals surface area contributed by atoms with Crippen LogP contribution >= 0.6 is 0 Å². The van der Waals surface area contributed by atoms with E-state index in [0.29, 0.717) is 18.5 Å². The van der Waals surface area contributed by atoms with E-state index in [0.717, 1.165) is 22.4 Å². The Balaban J connectivity index is 1.54. The molecular weight excluding hydrogens is 262 g/mol. The van der Waals surface area contributed by atoms with Gasteiger partial charge in [0.05, 0.1) is 11.7 Å². The molecule has 1 saturated carbocycles. The zero-order valence-electron chi connectivity index (χ0n) is 11.7. The Labute approximate surface area is 123 Å². The molecule has 1 aliphatic carbocycles. The molecule has 0 saturated heterocycles. The molecule has 0 amide bonds. The summed E-state index contributed by atoms with van der Waals surface area (Å²) in [7, 11) is 0. The monoisotopic (exact) mass is 279 g/mol. The molecule has 106 valence electrons. The molecule has 0 radical (unpaired) electrons. The molecular formula is C17H17N3O. The second-order valence-corrected chi connectivity index (χ2v) is 5.58. The Kier molecular flexibility index (Phi) is 3.16. The Morgan fingerprint density at radius 2 is 2.00 bits per heavy atom. The predicted octanol–water partition coefficient (Wildman–Crippen LogP) is 3.46. The normalized spacial score (nSPS) is 16.2. The van der Waals surface area contributed by atoms with E-state index in [9.17, 15) is 0 Å². The molecule has 1 N–H and O–H groups in total. The minimum atomic E-state index is 0.307. The van der Waals surface area contributed by atoms with Gasteiger partial charge >= 0.3 is 0 Å². The van der Waals surface area contributed by atoms with Gasteiger partial charge in [-0.15, -0.1) is 0 Å². The van der Waals surface area contributed by atoms with Gasteiger partial charge in [0.25, 0.3) is 0 Å². The van der Waals surface area contributed by atoms with Crippen LogP contribution in [0.4, 0.5) is 0 Å². The van der Waals surface area contributed by atoms with Crippen LogP contribution in [-0.2, 0) is 6.54 Å². The molecule has 1 fully saturated rings. The molecule has 0 aliphatic heterocycles. The lowest BCUT2D eigenvalue weighted by molar-refractivity contribution is 0.423. The van der Waals surface area contributed by atoms with Gasteiger partial charge in [-0.05, 0) is 43.0 Å². The topological polar surface area (TPSA) is 51.0 Å². The first-order valence-electron chi connectivity index (χ1n) is 7.39. The van der Waals surface area contributed by atoms with Crippen molar-refractivity contribution in [3.8, 4) is 0 Å². The highest BCUT2D eigenvalue weighted by Crippen LogP contribution is 2.40. The van der Waals surface area contributed by atoms with Gasteiger partial charge in [0.2, 0.25) is 0 Å². The fraction of sp³-hybridized carbons (Fsp3) is 0.294. The molecule has 4 rings (SSSR count). The Morgan fingerprint density at radius 1 is 1.14 bits per heavy atom. The molecule has 4 heteroatoms. The van der Waals surface area contributed by atoms with Crippen molar-refractivity contribution >= 4 is 11.0 Å². The van der Waals surface area contributed by atoms with Crippen LogP contribution < -0.4 is 5.32 Å². The van der Waals surface area contributed by atoms with E-state index in [1.165, 1.54) is 12.8 Å². The quantitative estimate of drug-likeness (QED) is 0.777. The van der Waals surface area contributed by atoms with Crippen molar-refractivity contribution in [1.82, 2.24) is 15.5 Å². The zero-order valence-corrected chi connectivity index (χ0v) is 11.7. The lowest BCUT2D eigenvalue weighted by Crippen LogP contribution is -2.23. The molecule has 1 aliphatic rings. The van der Waals surface area contributed by atoms with Gasteiger partial charge in [-0.1, -0.05) is 23.4 Å². The van der Waals surface area contributed by atoms with E-state index in [1.54, 1.807) is 0 Å². The number of aromatic nitrogens is 2. The molecule has 0 bridgehead atoms. The summed E-state index contributed by atoms with van der Waals surface area (Å²) < 4.78 is 5.36. The zero-order chi connectivity index (χ0) is 14.1. The highest BCUT2D eigenvalue weighted by atomic mass is 16.5. The minimum Gasteiger partial charge on any atom is -0.356 e. The average Bonchev–Trinajstić information content (AvgIpc) is 3.29. The van der Waals surface area contributed by atoms with Crippen LogP contribution in [-0.4, -0.2) is 10.1 Å². The van der Waals surface area contributed by atoms with Crippen LogP contribution in [0.25, 0.3) is 11.0 Å². The van der Waals surface area contributed by atoms with E-state index < -0.39 is 0 Å². The van der Waals surface area contributed by atoms with Crippen LogP contribution in [0.3, 0.4) is 0 Å². The van der Waals surface area contributed by atoms with E-state index in [2.05, 4.69) is 27.6 Å². The van der Waals surface area contributed by atoms with Gasteiger partial charge in [-0.2, -0.15) is 0 Å². The van der Waals surface area contributed by atoms with Gasteiger partial charge in [-0.25, -0.2) is 0 Å². The summed E-state index contributed by atoms with van der Waals surface area (Å²) in [5.41, 5.74) is 2.93. The van der Waals surface area contributed by atoms with Gasteiger partial charge < -0.3 is 9.84 Å². The van der Waals surface area contributed by atoms with Crippen molar-refractivity contribution in [2.45, 2.75) is 25.4 Å². The van der Waals surface area contributed by atoms with Gasteiger partial charge in [-0.3, -0.25) is 4.98 Å². The largest absolute Gasteiger partial charge is 0.356 e. The third-order valence-electron chi connectivity index (χ3n) is 4.04. The van der Waals surface area contributed by atoms with Crippen molar-refractivity contribution in [2.75, 3.05) is 0 Å².